The summed E-state index contributed by atoms with van der Waals surface area (Å²) in [7, 11) is -3.08. The predicted octanol–water partition coefficient (Wildman–Crippen LogP) is 0.706. The molecule has 15 heavy (non-hydrogen) atoms. The van der Waals surface area contributed by atoms with Crippen LogP contribution < -0.4 is 10.0 Å². The Balaban J connectivity index is 2.23. The Hall–Kier alpha value is -0.130. The van der Waals surface area contributed by atoms with Gasteiger partial charge in [0.15, 0.2) is 0 Å². The normalized spacial score (nSPS) is 19.9. The summed E-state index contributed by atoms with van der Waals surface area (Å²) >= 11 is 0. The Kier molecular flexibility index (Phi) is 4.55. The average Bonchev–Trinajstić information content (AvgIpc) is 2.12. The average molecular weight is 234 g/mol. The molecule has 0 aromatic heterocycles. The zero-order chi connectivity index (χ0) is 11.4. The fourth-order valence-electron chi connectivity index (χ4n) is 1.70. The van der Waals surface area contributed by atoms with Crippen LogP contribution in [-0.2, 0) is 10.0 Å². The summed E-state index contributed by atoms with van der Waals surface area (Å²) in [6, 6.07) is 0. The number of nitrogens with one attached hydrogen (secondary N) is 2. The van der Waals surface area contributed by atoms with Gasteiger partial charge in [0, 0.05) is 13.1 Å². The van der Waals surface area contributed by atoms with Crippen molar-refractivity contribution in [1.82, 2.24) is 10.0 Å². The Morgan fingerprint density at radius 2 is 2.00 bits per heavy atom. The van der Waals surface area contributed by atoms with Crippen molar-refractivity contribution in [3.63, 3.8) is 0 Å². The van der Waals surface area contributed by atoms with Gasteiger partial charge in [-0.3, -0.25) is 0 Å². The maximum atomic E-state index is 11.5. The number of hydrogen-bond acceptors (Lipinski definition) is 3. The van der Waals surface area contributed by atoms with Crippen molar-refractivity contribution >= 4 is 10.0 Å². The molecule has 0 bridgehead atoms. The molecule has 1 rings (SSSR count). The van der Waals surface area contributed by atoms with Crippen LogP contribution in [0.2, 0.25) is 0 Å². The van der Waals surface area contributed by atoms with Gasteiger partial charge in [0.05, 0.1) is 5.75 Å². The van der Waals surface area contributed by atoms with Gasteiger partial charge in [0.1, 0.15) is 0 Å². The van der Waals surface area contributed by atoms with Gasteiger partial charge in [-0.1, -0.05) is 20.3 Å². The highest BCUT2D eigenvalue weighted by molar-refractivity contribution is 7.89. The molecule has 1 saturated carbocycles. The van der Waals surface area contributed by atoms with Gasteiger partial charge < -0.3 is 5.32 Å². The van der Waals surface area contributed by atoms with Crippen molar-refractivity contribution < 1.29 is 8.42 Å². The zero-order valence-electron chi connectivity index (χ0n) is 9.67. The third-order valence-electron chi connectivity index (χ3n) is 3.08. The third kappa shape index (κ3) is 4.49. The van der Waals surface area contributed by atoms with Crippen LogP contribution in [0.4, 0.5) is 0 Å². The van der Waals surface area contributed by atoms with Crippen LogP contribution in [-0.4, -0.2) is 33.8 Å². The van der Waals surface area contributed by atoms with Gasteiger partial charge in [0.25, 0.3) is 0 Å². The van der Waals surface area contributed by atoms with E-state index in [4.69, 9.17) is 0 Å². The number of hydrogen-bond donors (Lipinski definition) is 2. The van der Waals surface area contributed by atoms with E-state index in [1.54, 1.807) is 0 Å². The Morgan fingerprint density at radius 3 is 2.47 bits per heavy atom. The van der Waals surface area contributed by atoms with Crippen LogP contribution in [0, 0.1) is 5.41 Å². The van der Waals surface area contributed by atoms with E-state index in [1.807, 2.05) is 6.92 Å². The molecular formula is C10H22N2O2S. The van der Waals surface area contributed by atoms with Gasteiger partial charge in [-0.2, -0.15) is 0 Å². The van der Waals surface area contributed by atoms with E-state index < -0.39 is 10.0 Å². The van der Waals surface area contributed by atoms with Crippen molar-refractivity contribution in [1.29, 1.82) is 0 Å². The van der Waals surface area contributed by atoms with Gasteiger partial charge >= 0.3 is 0 Å². The van der Waals surface area contributed by atoms with Gasteiger partial charge in [0.2, 0.25) is 10.0 Å². The molecule has 2 N–H and O–H groups in total. The summed E-state index contributed by atoms with van der Waals surface area (Å²) in [5, 5.41) is 3.01. The Labute approximate surface area is 92.9 Å². The fourth-order valence-corrected chi connectivity index (χ4v) is 2.82. The largest absolute Gasteiger partial charge is 0.316 e. The van der Waals surface area contributed by atoms with Crippen molar-refractivity contribution in [3.8, 4) is 0 Å². The Morgan fingerprint density at radius 1 is 1.33 bits per heavy atom. The molecule has 5 heteroatoms. The van der Waals surface area contributed by atoms with Crippen LogP contribution in [0.15, 0.2) is 0 Å². The minimum Gasteiger partial charge on any atom is -0.316 e. The molecule has 90 valence electrons. The molecule has 0 radical (unpaired) electrons. The smallest absolute Gasteiger partial charge is 0.212 e. The molecule has 0 aromatic rings. The molecule has 0 unspecified atom stereocenters. The lowest BCUT2D eigenvalue weighted by molar-refractivity contribution is 0.166. The fraction of sp³-hybridized carbons (Fsp3) is 1.00. The zero-order valence-corrected chi connectivity index (χ0v) is 10.5. The highest BCUT2D eigenvalue weighted by Gasteiger charge is 2.32. The molecule has 1 aliphatic carbocycles. The van der Waals surface area contributed by atoms with E-state index in [-0.39, 0.29) is 11.2 Å². The first-order chi connectivity index (χ1) is 6.97. The molecule has 4 nitrogen and oxygen atoms in total. The monoisotopic (exact) mass is 234 g/mol. The molecule has 0 saturated heterocycles. The van der Waals surface area contributed by atoms with Crippen LogP contribution in [0.5, 0.6) is 0 Å². The molecule has 0 atom stereocenters. The van der Waals surface area contributed by atoms with Crippen LogP contribution in [0.3, 0.4) is 0 Å². The molecule has 0 spiro atoms. The standard InChI is InChI=1S/C10H22N2O2S/c1-3-11-7-8-15(13,14)12-9-10(2)5-4-6-10/h11-12H,3-9H2,1-2H3. The van der Waals surface area contributed by atoms with Crippen molar-refractivity contribution in [2.24, 2.45) is 5.41 Å². The SMILES string of the molecule is CCNCCS(=O)(=O)NCC1(C)CCC1. The number of rotatable bonds is 7. The topological polar surface area (TPSA) is 58.2 Å². The molecule has 0 amide bonds. The second kappa shape index (κ2) is 5.27. The summed E-state index contributed by atoms with van der Waals surface area (Å²) in [5.41, 5.74) is 0.214. The van der Waals surface area contributed by atoms with Gasteiger partial charge in [-0.05, 0) is 24.8 Å². The molecule has 0 aliphatic heterocycles. The molecule has 1 fully saturated rings. The van der Waals surface area contributed by atoms with E-state index in [9.17, 15) is 8.42 Å². The summed E-state index contributed by atoms with van der Waals surface area (Å²) in [6.45, 7) is 6.05. The first kappa shape index (κ1) is 12.9. The van der Waals surface area contributed by atoms with E-state index in [0.717, 1.165) is 19.4 Å². The molecule has 1 aliphatic rings. The predicted molar refractivity (Wildman–Crippen MR) is 62.3 cm³/mol. The highest BCUT2D eigenvalue weighted by Crippen LogP contribution is 2.39. The van der Waals surface area contributed by atoms with Crippen molar-refractivity contribution in [3.05, 3.63) is 0 Å². The van der Waals surface area contributed by atoms with Crippen molar-refractivity contribution in [2.45, 2.75) is 33.1 Å². The lowest BCUT2D eigenvalue weighted by Crippen LogP contribution is -2.41. The number of sulfonamides is 1. The second-order valence-electron chi connectivity index (χ2n) is 4.66. The Bertz CT molecular complexity index is 284. The van der Waals surface area contributed by atoms with E-state index in [0.29, 0.717) is 13.1 Å². The summed E-state index contributed by atoms with van der Waals surface area (Å²) in [5.74, 6) is 0.178. The summed E-state index contributed by atoms with van der Waals surface area (Å²) < 4.78 is 25.8. The van der Waals surface area contributed by atoms with Crippen molar-refractivity contribution in [2.75, 3.05) is 25.4 Å². The maximum absolute atomic E-state index is 11.5. The van der Waals surface area contributed by atoms with E-state index in [2.05, 4.69) is 17.0 Å². The lowest BCUT2D eigenvalue weighted by atomic mass is 9.71. The summed E-state index contributed by atoms with van der Waals surface area (Å²) in [4.78, 5) is 0. The molecule has 0 aromatic carbocycles. The highest BCUT2D eigenvalue weighted by atomic mass is 32.2. The molecule has 0 heterocycles. The first-order valence-corrected chi connectivity index (χ1v) is 7.31. The summed E-state index contributed by atoms with van der Waals surface area (Å²) in [6.07, 6.45) is 3.51. The second-order valence-corrected chi connectivity index (χ2v) is 6.58. The van der Waals surface area contributed by atoms with Crippen LogP contribution in [0.1, 0.15) is 33.1 Å². The van der Waals surface area contributed by atoms with Gasteiger partial charge in [-0.25, -0.2) is 13.1 Å². The quantitative estimate of drug-likeness (QED) is 0.638. The van der Waals surface area contributed by atoms with E-state index in [1.165, 1.54) is 6.42 Å². The molecular weight excluding hydrogens is 212 g/mol. The lowest BCUT2D eigenvalue weighted by Gasteiger charge is -2.38. The van der Waals surface area contributed by atoms with E-state index >= 15 is 0 Å². The first-order valence-electron chi connectivity index (χ1n) is 5.65. The maximum Gasteiger partial charge on any atom is 0.212 e. The van der Waals surface area contributed by atoms with Crippen LogP contribution >= 0.6 is 0 Å². The van der Waals surface area contributed by atoms with Crippen LogP contribution in [0.25, 0.3) is 0 Å². The van der Waals surface area contributed by atoms with Gasteiger partial charge in [-0.15, -0.1) is 0 Å². The third-order valence-corrected chi connectivity index (χ3v) is 4.40. The minimum atomic E-state index is -3.08. The minimum absolute atomic E-state index is 0.178.